The summed E-state index contributed by atoms with van der Waals surface area (Å²) in [6, 6.07) is 4.56. The summed E-state index contributed by atoms with van der Waals surface area (Å²) in [7, 11) is 0. The molecular formula is C11H11BrFN3O. The van der Waals surface area contributed by atoms with Crippen molar-refractivity contribution in [3.05, 3.63) is 40.4 Å². The highest BCUT2D eigenvalue weighted by Gasteiger charge is 2.12. The molecule has 0 aliphatic heterocycles. The van der Waals surface area contributed by atoms with Crippen LogP contribution in [0, 0.1) is 5.82 Å². The molecule has 0 spiro atoms. The number of rotatable bonds is 3. The van der Waals surface area contributed by atoms with Crippen LogP contribution in [0.1, 0.15) is 25.1 Å². The second kappa shape index (κ2) is 4.93. The van der Waals surface area contributed by atoms with Gasteiger partial charge in [0, 0.05) is 4.47 Å². The van der Waals surface area contributed by atoms with E-state index in [9.17, 15) is 9.50 Å². The molecule has 0 fully saturated rings. The van der Waals surface area contributed by atoms with Gasteiger partial charge in [0.15, 0.2) is 0 Å². The smallest absolute Gasteiger partial charge is 0.148 e. The Labute approximate surface area is 106 Å². The van der Waals surface area contributed by atoms with Crippen LogP contribution in [0.5, 0.6) is 0 Å². The topological polar surface area (TPSA) is 50.9 Å². The predicted molar refractivity (Wildman–Crippen MR) is 64.3 cm³/mol. The van der Waals surface area contributed by atoms with Crippen molar-refractivity contribution in [2.75, 3.05) is 0 Å². The summed E-state index contributed by atoms with van der Waals surface area (Å²) in [6.07, 6.45) is 1.40. The van der Waals surface area contributed by atoms with Crippen LogP contribution in [-0.4, -0.2) is 20.1 Å². The van der Waals surface area contributed by atoms with Crippen LogP contribution in [0.2, 0.25) is 0 Å². The Balaban J connectivity index is 2.40. The summed E-state index contributed by atoms with van der Waals surface area (Å²) in [6.45, 7) is 1.84. The Hall–Kier alpha value is -1.27. The Morgan fingerprint density at radius 2 is 2.29 bits per heavy atom. The van der Waals surface area contributed by atoms with Crippen LogP contribution in [0.15, 0.2) is 28.9 Å². The zero-order valence-corrected chi connectivity index (χ0v) is 10.7. The Bertz CT molecular complexity index is 529. The highest BCUT2D eigenvalue weighted by Crippen LogP contribution is 2.20. The van der Waals surface area contributed by atoms with E-state index in [1.54, 1.807) is 12.1 Å². The summed E-state index contributed by atoms with van der Waals surface area (Å²) in [5, 5.41) is 17.2. The van der Waals surface area contributed by atoms with Crippen LogP contribution in [0.4, 0.5) is 4.39 Å². The Morgan fingerprint density at radius 3 is 3.00 bits per heavy atom. The zero-order chi connectivity index (χ0) is 12.4. The van der Waals surface area contributed by atoms with Gasteiger partial charge in [0.2, 0.25) is 0 Å². The molecule has 2 rings (SSSR count). The van der Waals surface area contributed by atoms with E-state index in [4.69, 9.17) is 0 Å². The first kappa shape index (κ1) is 12.2. The van der Waals surface area contributed by atoms with Gasteiger partial charge in [-0.15, -0.1) is 5.10 Å². The minimum absolute atomic E-state index is 0.293. The van der Waals surface area contributed by atoms with Crippen molar-refractivity contribution in [3.63, 3.8) is 0 Å². The number of aliphatic hydroxyl groups excluding tert-OH is 1. The van der Waals surface area contributed by atoms with Gasteiger partial charge in [-0.2, -0.15) is 0 Å². The maximum atomic E-state index is 13.6. The lowest BCUT2D eigenvalue weighted by Crippen LogP contribution is -1.98. The van der Waals surface area contributed by atoms with E-state index in [2.05, 4.69) is 26.2 Å². The molecule has 17 heavy (non-hydrogen) atoms. The number of hydrogen-bond donors (Lipinski definition) is 1. The van der Waals surface area contributed by atoms with Crippen molar-refractivity contribution in [1.82, 2.24) is 15.0 Å². The molecule has 1 atom stereocenters. The van der Waals surface area contributed by atoms with Crippen LogP contribution in [0.3, 0.4) is 0 Å². The molecule has 0 saturated carbocycles. The molecule has 0 bridgehead atoms. The van der Waals surface area contributed by atoms with Gasteiger partial charge >= 0.3 is 0 Å². The molecule has 6 heteroatoms. The molecule has 0 saturated heterocycles. The van der Waals surface area contributed by atoms with Gasteiger partial charge in [-0.25, -0.2) is 9.07 Å². The fraction of sp³-hybridized carbons (Fsp3) is 0.273. The van der Waals surface area contributed by atoms with Crippen LogP contribution in [0.25, 0.3) is 5.69 Å². The number of hydrogen-bond acceptors (Lipinski definition) is 3. The van der Waals surface area contributed by atoms with Crippen molar-refractivity contribution in [2.45, 2.75) is 19.4 Å². The minimum atomic E-state index is -0.668. The fourth-order valence-electron chi connectivity index (χ4n) is 1.42. The van der Waals surface area contributed by atoms with E-state index in [-0.39, 0.29) is 0 Å². The lowest BCUT2D eigenvalue weighted by atomic mass is 10.2. The normalized spacial score (nSPS) is 12.7. The van der Waals surface area contributed by atoms with Gasteiger partial charge in [-0.3, -0.25) is 0 Å². The summed E-state index contributed by atoms with van der Waals surface area (Å²) < 4.78 is 15.6. The van der Waals surface area contributed by atoms with Crippen molar-refractivity contribution in [3.8, 4) is 5.69 Å². The third-order valence-electron chi connectivity index (χ3n) is 2.39. The van der Waals surface area contributed by atoms with Crippen LogP contribution in [-0.2, 0) is 0 Å². The highest BCUT2D eigenvalue weighted by atomic mass is 79.9. The summed E-state index contributed by atoms with van der Waals surface area (Å²) in [5.41, 5.74) is 0.730. The number of aliphatic hydroxyl groups is 1. The van der Waals surface area contributed by atoms with E-state index in [1.807, 2.05) is 6.92 Å². The molecule has 0 radical (unpaired) electrons. The SMILES string of the molecule is CCC(O)c1cn(-c2cc(Br)ccc2F)nn1. The van der Waals surface area contributed by atoms with E-state index >= 15 is 0 Å². The van der Waals surface area contributed by atoms with Gasteiger partial charge in [0.25, 0.3) is 0 Å². The summed E-state index contributed by atoms with van der Waals surface area (Å²) in [5.74, 6) is -0.393. The maximum Gasteiger partial charge on any atom is 0.148 e. The van der Waals surface area contributed by atoms with E-state index < -0.39 is 11.9 Å². The second-order valence-corrected chi connectivity index (χ2v) is 4.52. The number of halogens is 2. The van der Waals surface area contributed by atoms with Crippen molar-refractivity contribution >= 4 is 15.9 Å². The first-order chi connectivity index (χ1) is 8.11. The zero-order valence-electron chi connectivity index (χ0n) is 9.14. The largest absolute Gasteiger partial charge is 0.387 e. The predicted octanol–water partition coefficient (Wildman–Crippen LogP) is 2.61. The van der Waals surface area contributed by atoms with Crippen LogP contribution < -0.4 is 0 Å². The quantitative estimate of drug-likeness (QED) is 0.948. The minimum Gasteiger partial charge on any atom is -0.387 e. The highest BCUT2D eigenvalue weighted by molar-refractivity contribution is 9.10. The molecule has 4 nitrogen and oxygen atoms in total. The third-order valence-corrected chi connectivity index (χ3v) is 2.89. The number of aromatic nitrogens is 3. The molecule has 2 aromatic rings. The summed E-state index contributed by atoms with van der Waals surface area (Å²) in [4.78, 5) is 0. The number of benzene rings is 1. The lowest BCUT2D eigenvalue weighted by molar-refractivity contribution is 0.169. The molecule has 0 aliphatic carbocycles. The van der Waals surface area contributed by atoms with Gasteiger partial charge in [0.1, 0.15) is 17.2 Å². The molecule has 0 aliphatic rings. The van der Waals surface area contributed by atoms with Gasteiger partial charge in [-0.05, 0) is 24.6 Å². The first-order valence-corrected chi connectivity index (χ1v) is 5.97. The molecule has 1 unspecified atom stereocenters. The van der Waals surface area contributed by atoms with Crippen molar-refractivity contribution in [1.29, 1.82) is 0 Å². The van der Waals surface area contributed by atoms with Crippen LogP contribution >= 0.6 is 15.9 Å². The molecule has 1 aromatic carbocycles. The molecule has 1 N–H and O–H groups in total. The monoisotopic (exact) mass is 299 g/mol. The first-order valence-electron chi connectivity index (χ1n) is 5.17. The van der Waals surface area contributed by atoms with Crippen molar-refractivity contribution < 1.29 is 9.50 Å². The molecular weight excluding hydrogens is 289 g/mol. The van der Waals surface area contributed by atoms with Gasteiger partial charge in [-0.1, -0.05) is 28.1 Å². The Kier molecular flexibility index (Phi) is 3.54. The van der Waals surface area contributed by atoms with Crippen molar-refractivity contribution in [2.24, 2.45) is 0 Å². The van der Waals surface area contributed by atoms with E-state index in [0.717, 1.165) is 4.47 Å². The molecule has 0 amide bonds. The van der Waals surface area contributed by atoms with Gasteiger partial charge < -0.3 is 5.11 Å². The molecule has 90 valence electrons. The van der Waals surface area contributed by atoms with E-state index in [1.165, 1.54) is 16.9 Å². The second-order valence-electron chi connectivity index (χ2n) is 3.61. The fourth-order valence-corrected chi connectivity index (χ4v) is 1.77. The number of nitrogens with zero attached hydrogens (tertiary/aromatic N) is 3. The van der Waals surface area contributed by atoms with Gasteiger partial charge in [0.05, 0.1) is 12.3 Å². The Morgan fingerprint density at radius 1 is 1.53 bits per heavy atom. The van der Waals surface area contributed by atoms with E-state index in [0.29, 0.717) is 17.8 Å². The molecule has 1 aromatic heterocycles. The third kappa shape index (κ3) is 2.53. The maximum absolute atomic E-state index is 13.6. The average Bonchev–Trinajstić information content (AvgIpc) is 2.80. The average molecular weight is 300 g/mol. The lowest BCUT2D eigenvalue weighted by Gasteiger charge is -2.03. The standard InChI is InChI=1S/C11H11BrFN3O/c1-2-11(17)9-6-16(15-14-9)10-5-7(12)3-4-8(10)13/h3-6,11,17H,2H2,1H3. The summed E-state index contributed by atoms with van der Waals surface area (Å²) >= 11 is 3.27. The molecule has 1 heterocycles.